The smallest absolute Gasteiger partial charge is 0.348 e. The molecule has 0 aliphatic carbocycles. The molecular formula is C19H25N3O3S. The van der Waals surface area contributed by atoms with Crippen LogP contribution in [0.1, 0.15) is 67.5 Å². The second kappa shape index (κ2) is 8.45. The quantitative estimate of drug-likeness (QED) is 0.539. The van der Waals surface area contributed by atoms with Crippen molar-refractivity contribution in [2.45, 2.75) is 59.9 Å². The summed E-state index contributed by atoms with van der Waals surface area (Å²) in [5.74, 6) is 0.592. The average molecular weight is 375 g/mol. The summed E-state index contributed by atoms with van der Waals surface area (Å²) in [7, 11) is 0. The van der Waals surface area contributed by atoms with Gasteiger partial charge in [-0.3, -0.25) is 9.36 Å². The number of fused-ring (bicyclic) bond motifs is 1. The molecule has 2 aromatic heterocycles. The van der Waals surface area contributed by atoms with Crippen LogP contribution in [0.4, 0.5) is 0 Å². The average Bonchev–Trinajstić information content (AvgIpc) is 2.91. The number of aryl methyl sites for hydroxylation is 1. The topological polar surface area (TPSA) is 85.0 Å². The zero-order valence-corrected chi connectivity index (χ0v) is 16.8. The molecule has 0 aliphatic rings. The minimum atomic E-state index is -0.402. The fourth-order valence-corrected chi connectivity index (χ4v) is 3.78. The van der Waals surface area contributed by atoms with E-state index in [1.807, 2.05) is 27.7 Å². The van der Waals surface area contributed by atoms with E-state index in [9.17, 15) is 9.59 Å². The Kier molecular flexibility index (Phi) is 6.54. The maximum absolute atomic E-state index is 13.1. The van der Waals surface area contributed by atoms with Gasteiger partial charge in [0.1, 0.15) is 15.5 Å². The summed E-state index contributed by atoms with van der Waals surface area (Å²) in [6.45, 7) is 10.5. The van der Waals surface area contributed by atoms with Gasteiger partial charge < -0.3 is 4.74 Å². The van der Waals surface area contributed by atoms with E-state index in [4.69, 9.17) is 10.00 Å². The van der Waals surface area contributed by atoms with Crippen molar-refractivity contribution >= 4 is 27.5 Å². The zero-order valence-electron chi connectivity index (χ0n) is 16.0. The first kappa shape index (κ1) is 20.1. The number of aromatic nitrogens is 2. The molecule has 0 spiro atoms. The van der Waals surface area contributed by atoms with Crippen LogP contribution in [0, 0.1) is 24.2 Å². The minimum Gasteiger partial charge on any atom is -0.461 e. The third-order valence-corrected chi connectivity index (χ3v) is 5.17. The summed E-state index contributed by atoms with van der Waals surface area (Å²) in [5, 5.41) is 9.24. The van der Waals surface area contributed by atoms with E-state index in [0.29, 0.717) is 52.5 Å². The summed E-state index contributed by atoms with van der Waals surface area (Å²) in [6.07, 6.45) is 0.979. The number of nitriles is 1. The number of esters is 1. The van der Waals surface area contributed by atoms with Gasteiger partial charge in [0.25, 0.3) is 5.56 Å². The molecule has 140 valence electrons. The fraction of sp³-hybridized carbons (Fsp3) is 0.579. The summed E-state index contributed by atoms with van der Waals surface area (Å²) in [5.41, 5.74) is 0.480. The van der Waals surface area contributed by atoms with E-state index < -0.39 is 5.97 Å². The fourth-order valence-electron chi connectivity index (χ4n) is 2.71. The van der Waals surface area contributed by atoms with Crippen molar-refractivity contribution in [1.82, 2.24) is 9.55 Å². The van der Waals surface area contributed by atoms with Crippen molar-refractivity contribution in [1.29, 1.82) is 5.26 Å². The van der Waals surface area contributed by atoms with Crippen LogP contribution in [-0.2, 0) is 11.3 Å². The molecule has 2 rings (SSSR count). The standard InChI is InChI=1S/C19H25N3O3S/c1-11(2)10-25-19(24)15-13(5)14-17(26-15)21-16(12(3)4)22(18(14)23)9-7-6-8-20/h11-12H,6-7,9-10H2,1-5H3. The van der Waals surface area contributed by atoms with Gasteiger partial charge in [-0.15, -0.1) is 11.3 Å². The van der Waals surface area contributed by atoms with E-state index in [1.165, 1.54) is 11.3 Å². The third-order valence-electron chi connectivity index (χ3n) is 4.00. The molecule has 0 unspecified atom stereocenters. The Balaban J connectivity index is 2.54. The lowest BCUT2D eigenvalue weighted by atomic mass is 10.1. The molecule has 2 aromatic rings. The van der Waals surface area contributed by atoms with Gasteiger partial charge in [0.2, 0.25) is 0 Å². The maximum Gasteiger partial charge on any atom is 0.348 e. The minimum absolute atomic E-state index is 0.0629. The number of carbonyl (C=O) groups excluding carboxylic acids is 1. The highest BCUT2D eigenvalue weighted by molar-refractivity contribution is 7.20. The van der Waals surface area contributed by atoms with E-state index in [1.54, 1.807) is 11.5 Å². The van der Waals surface area contributed by atoms with Crippen LogP contribution in [0.3, 0.4) is 0 Å². The van der Waals surface area contributed by atoms with E-state index in [-0.39, 0.29) is 17.4 Å². The Labute approximate surface area is 157 Å². The van der Waals surface area contributed by atoms with Gasteiger partial charge in [-0.2, -0.15) is 5.26 Å². The van der Waals surface area contributed by atoms with E-state index in [0.717, 1.165) is 0 Å². The molecule has 2 heterocycles. The van der Waals surface area contributed by atoms with Crippen LogP contribution >= 0.6 is 11.3 Å². The molecule has 0 N–H and O–H groups in total. The Morgan fingerprint density at radius 2 is 2.04 bits per heavy atom. The van der Waals surface area contributed by atoms with Gasteiger partial charge in [0.15, 0.2) is 0 Å². The Morgan fingerprint density at radius 1 is 1.35 bits per heavy atom. The summed E-state index contributed by atoms with van der Waals surface area (Å²) in [4.78, 5) is 31.1. The molecule has 0 saturated heterocycles. The zero-order chi connectivity index (χ0) is 19.4. The summed E-state index contributed by atoms with van der Waals surface area (Å²) >= 11 is 1.22. The predicted molar refractivity (Wildman–Crippen MR) is 103 cm³/mol. The van der Waals surface area contributed by atoms with Crippen molar-refractivity contribution < 1.29 is 9.53 Å². The molecule has 0 aromatic carbocycles. The van der Waals surface area contributed by atoms with Crippen LogP contribution in [0.5, 0.6) is 0 Å². The highest BCUT2D eigenvalue weighted by atomic mass is 32.1. The van der Waals surface area contributed by atoms with Crippen molar-refractivity contribution in [3.05, 3.63) is 26.6 Å². The van der Waals surface area contributed by atoms with Crippen molar-refractivity contribution in [3.63, 3.8) is 0 Å². The highest BCUT2D eigenvalue weighted by Crippen LogP contribution is 2.29. The monoisotopic (exact) mass is 375 g/mol. The molecular weight excluding hydrogens is 350 g/mol. The third kappa shape index (κ3) is 4.13. The second-order valence-corrected chi connectivity index (χ2v) is 8.07. The number of thiophene rings is 1. The van der Waals surface area contributed by atoms with Crippen LogP contribution in [-0.4, -0.2) is 22.1 Å². The maximum atomic E-state index is 13.1. The number of hydrogen-bond acceptors (Lipinski definition) is 6. The van der Waals surface area contributed by atoms with Crippen LogP contribution in [0.25, 0.3) is 10.2 Å². The highest BCUT2D eigenvalue weighted by Gasteiger charge is 2.23. The molecule has 0 saturated carbocycles. The molecule has 0 radical (unpaired) electrons. The van der Waals surface area contributed by atoms with Crippen molar-refractivity contribution in [2.24, 2.45) is 5.92 Å². The molecule has 6 nitrogen and oxygen atoms in total. The Hall–Kier alpha value is -2.20. The summed E-state index contributed by atoms with van der Waals surface area (Å²) in [6, 6.07) is 2.10. The molecule has 0 bridgehead atoms. The van der Waals surface area contributed by atoms with Crippen LogP contribution in [0.2, 0.25) is 0 Å². The number of rotatable bonds is 7. The van der Waals surface area contributed by atoms with Gasteiger partial charge in [0, 0.05) is 18.9 Å². The van der Waals surface area contributed by atoms with Crippen molar-refractivity contribution in [2.75, 3.05) is 6.61 Å². The van der Waals surface area contributed by atoms with Gasteiger partial charge in [0.05, 0.1) is 18.1 Å². The molecule has 0 aliphatic heterocycles. The summed E-state index contributed by atoms with van der Waals surface area (Å²) < 4.78 is 6.97. The number of nitrogens with zero attached hydrogens (tertiary/aromatic N) is 3. The molecule has 26 heavy (non-hydrogen) atoms. The Morgan fingerprint density at radius 3 is 2.62 bits per heavy atom. The number of hydrogen-bond donors (Lipinski definition) is 0. The first-order valence-corrected chi connectivity index (χ1v) is 9.67. The number of ether oxygens (including phenoxy) is 1. The first-order chi connectivity index (χ1) is 12.3. The number of unbranched alkanes of at least 4 members (excludes halogenated alkanes) is 1. The van der Waals surface area contributed by atoms with Gasteiger partial charge in [-0.1, -0.05) is 27.7 Å². The molecule has 0 atom stereocenters. The van der Waals surface area contributed by atoms with Crippen LogP contribution < -0.4 is 5.56 Å². The van der Waals surface area contributed by atoms with Crippen molar-refractivity contribution in [3.8, 4) is 6.07 Å². The Bertz CT molecular complexity index is 903. The van der Waals surface area contributed by atoms with Crippen LogP contribution in [0.15, 0.2) is 4.79 Å². The molecule has 7 heteroatoms. The molecule has 0 amide bonds. The normalized spacial score (nSPS) is 11.3. The largest absolute Gasteiger partial charge is 0.461 e. The lowest BCUT2D eigenvalue weighted by molar-refractivity contribution is 0.0464. The lowest BCUT2D eigenvalue weighted by Gasteiger charge is -2.14. The second-order valence-electron chi connectivity index (χ2n) is 7.07. The molecule has 0 fully saturated rings. The van der Waals surface area contributed by atoms with Gasteiger partial charge >= 0.3 is 5.97 Å². The SMILES string of the molecule is Cc1c(C(=O)OCC(C)C)sc2nc(C(C)C)n(CCCC#N)c(=O)c12. The number of carbonyl (C=O) groups is 1. The first-order valence-electron chi connectivity index (χ1n) is 8.85. The van der Waals surface area contributed by atoms with E-state index >= 15 is 0 Å². The predicted octanol–water partition coefficient (Wildman–Crippen LogP) is 4.01. The van der Waals surface area contributed by atoms with Gasteiger partial charge in [-0.05, 0) is 24.8 Å². The lowest BCUT2D eigenvalue weighted by Crippen LogP contribution is -2.26. The van der Waals surface area contributed by atoms with E-state index in [2.05, 4.69) is 11.1 Å². The van der Waals surface area contributed by atoms with Gasteiger partial charge in [-0.25, -0.2) is 9.78 Å².